The third-order valence-electron chi connectivity index (χ3n) is 3.47. The van der Waals surface area contributed by atoms with Crippen molar-refractivity contribution < 1.29 is 19.1 Å². The van der Waals surface area contributed by atoms with Crippen LogP contribution in [0.15, 0.2) is 36.4 Å². The van der Waals surface area contributed by atoms with Crippen LogP contribution in [0.1, 0.15) is 17.3 Å². The smallest absolute Gasteiger partial charge is 0.243 e. The average molecular weight is 363 g/mol. The molecule has 0 aliphatic carbocycles. The molecule has 2 rings (SSSR count). The zero-order chi connectivity index (χ0) is 18.4. The number of Topliss-reactive ketones (excluding diaryl/α,β-unsaturated/α-hetero) is 1. The van der Waals surface area contributed by atoms with Gasteiger partial charge in [-0.15, -0.1) is 0 Å². The number of anilines is 2. The summed E-state index contributed by atoms with van der Waals surface area (Å²) in [6.45, 7) is 1.48. The number of carbonyl (C=O) groups excluding carboxylic acids is 2. The molecule has 2 N–H and O–H groups in total. The Hall–Kier alpha value is -2.73. The summed E-state index contributed by atoms with van der Waals surface area (Å²) in [5, 5.41) is 6.13. The Labute approximate surface area is 151 Å². The second-order valence-corrected chi connectivity index (χ2v) is 5.63. The zero-order valence-electron chi connectivity index (χ0n) is 14.2. The highest BCUT2D eigenvalue weighted by Crippen LogP contribution is 2.35. The first-order valence-corrected chi connectivity index (χ1v) is 7.88. The lowest BCUT2D eigenvalue weighted by Crippen LogP contribution is -2.22. The summed E-state index contributed by atoms with van der Waals surface area (Å²) >= 11 is 6.05. The van der Waals surface area contributed by atoms with Gasteiger partial charge < -0.3 is 20.1 Å². The van der Waals surface area contributed by atoms with Gasteiger partial charge in [-0.25, -0.2) is 0 Å². The predicted octanol–water partition coefficient (Wildman–Crippen LogP) is 3.61. The van der Waals surface area contributed by atoms with Crippen molar-refractivity contribution in [3.63, 3.8) is 0 Å². The predicted molar refractivity (Wildman–Crippen MR) is 98.1 cm³/mol. The lowest BCUT2D eigenvalue weighted by atomic mass is 10.1. The number of hydrogen-bond acceptors (Lipinski definition) is 5. The Morgan fingerprint density at radius 1 is 1.08 bits per heavy atom. The van der Waals surface area contributed by atoms with Crippen LogP contribution in [0.3, 0.4) is 0 Å². The third kappa shape index (κ3) is 4.87. The summed E-state index contributed by atoms with van der Waals surface area (Å²) in [4.78, 5) is 23.5. The van der Waals surface area contributed by atoms with Crippen LogP contribution in [0, 0.1) is 0 Å². The molecule has 6 nitrogen and oxygen atoms in total. The van der Waals surface area contributed by atoms with Crippen molar-refractivity contribution in [2.75, 3.05) is 31.4 Å². The lowest BCUT2D eigenvalue weighted by Gasteiger charge is -2.14. The number of nitrogens with one attached hydrogen (secondary N) is 2. The van der Waals surface area contributed by atoms with E-state index in [-0.39, 0.29) is 18.2 Å². The van der Waals surface area contributed by atoms with Gasteiger partial charge in [0.15, 0.2) is 5.78 Å². The molecule has 0 aliphatic rings. The summed E-state index contributed by atoms with van der Waals surface area (Å²) in [6.07, 6.45) is 0. The van der Waals surface area contributed by atoms with Gasteiger partial charge >= 0.3 is 0 Å². The molecule has 0 heterocycles. The van der Waals surface area contributed by atoms with Crippen LogP contribution in [0.4, 0.5) is 11.4 Å². The summed E-state index contributed by atoms with van der Waals surface area (Å²) in [7, 11) is 3.02. The molecule has 132 valence electrons. The van der Waals surface area contributed by atoms with Crippen molar-refractivity contribution in [2.24, 2.45) is 0 Å². The summed E-state index contributed by atoms with van der Waals surface area (Å²) in [5.74, 6) is 0.639. The summed E-state index contributed by atoms with van der Waals surface area (Å²) in [6, 6.07) is 10.0. The van der Waals surface area contributed by atoms with Crippen LogP contribution in [0.25, 0.3) is 0 Å². The molecule has 2 aromatic rings. The topological polar surface area (TPSA) is 76.7 Å². The van der Waals surface area contributed by atoms with Crippen LogP contribution in [0.2, 0.25) is 5.02 Å². The standard InChI is InChI=1S/C18H19ClN2O4/c1-11(22)12-5-4-6-13(7-12)21-18(23)10-20-15-9-16(24-2)14(19)8-17(15)25-3/h4-9,20H,10H2,1-3H3,(H,21,23). The van der Waals surface area contributed by atoms with Crippen molar-refractivity contribution >= 4 is 34.7 Å². The number of ketones is 1. The molecule has 0 saturated carbocycles. The molecule has 0 aliphatic heterocycles. The quantitative estimate of drug-likeness (QED) is 0.736. The van der Waals surface area contributed by atoms with Gasteiger partial charge in [-0.2, -0.15) is 0 Å². The molecule has 0 radical (unpaired) electrons. The van der Waals surface area contributed by atoms with E-state index < -0.39 is 0 Å². The number of carbonyl (C=O) groups is 2. The van der Waals surface area contributed by atoms with Gasteiger partial charge in [0.2, 0.25) is 5.91 Å². The third-order valence-corrected chi connectivity index (χ3v) is 3.76. The average Bonchev–Trinajstić information content (AvgIpc) is 2.60. The van der Waals surface area contributed by atoms with Crippen LogP contribution in [-0.2, 0) is 4.79 Å². The summed E-state index contributed by atoms with van der Waals surface area (Å²) < 4.78 is 10.4. The Bertz CT molecular complexity index is 793. The molecule has 0 saturated heterocycles. The van der Waals surface area contributed by atoms with Crippen molar-refractivity contribution in [3.05, 3.63) is 47.0 Å². The highest BCUT2D eigenvalue weighted by molar-refractivity contribution is 6.32. The van der Waals surface area contributed by atoms with E-state index in [1.165, 1.54) is 21.1 Å². The van der Waals surface area contributed by atoms with Crippen LogP contribution in [-0.4, -0.2) is 32.5 Å². The highest BCUT2D eigenvalue weighted by atomic mass is 35.5. The van der Waals surface area contributed by atoms with E-state index in [1.807, 2.05) is 0 Å². The van der Waals surface area contributed by atoms with E-state index in [0.717, 1.165) is 0 Å². The van der Waals surface area contributed by atoms with Gasteiger partial charge in [0.25, 0.3) is 0 Å². The number of rotatable bonds is 7. The second kappa shape index (κ2) is 8.39. The van der Waals surface area contributed by atoms with Crippen molar-refractivity contribution in [1.82, 2.24) is 0 Å². The van der Waals surface area contributed by atoms with E-state index in [2.05, 4.69) is 10.6 Å². The SMILES string of the molecule is COc1cc(NCC(=O)Nc2cccc(C(C)=O)c2)c(OC)cc1Cl. The molecular weight excluding hydrogens is 344 g/mol. The van der Waals surface area contributed by atoms with Gasteiger partial charge in [-0.3, -0.25) is 9.59 Å². The summed E-state index contributed by atoms with van der Waals surface area (Å²) in [5.41, 5.74) is 1.67. The fraction of sp³-hybridized carbons (Fsp3) is 0.222. The molecule has 1 amide bonds. The van der Waals surface area contributed by atoms with Gasteiger partial charge in [-0.05, 0) is 19.1 Å². The van der Waals surface area contributed by atoms with Crippen molar-refractivity contribution in [3.8, 4) is 11.5 Å². The number of hydrogen-bond donors (Lipinski definition) is 2. The molecule has 7 heteroatoms. The number of amides is 1. The molecule has 2 aromatic carbocycles. The second-order valence-electron chi connectivity index (χ2n) is 5.23. The van der Waals surface area contributed by atoms with E-state index in [4.69, 9.17) is 21.1 Å². The maximum Gasteiger partial charge on any atom is 0.243 e. The lowest BCUT2D eigenvalue weighted by molar-refractivity contribution is -0.114. The first kappa shape index (κ1) is 18.6. The monoisotopic (exact) mass is 362 g/mol. The van der Waals surface area contributed by atoms with E-state index in [1.54, 1.807) is 36.4 Å². The number of halogens is 1. The first-order chi connectivity index (χ1) is 11.9. The highest BCUT2D eigenvalue weighted by Gasteiger charge is 2.11. The number of ether oxygens (including phenoxy) is 2. The fourth-order valence-corrected chi connectivity index (χ4v) is 2.43. The maximum absolute atomic E-state index is 12.1. The van der Waals surface area contributed by atoms with Crippen molar-refractivity contribution in [2.45, 2.75) is 6.92 Å². The molecule has 0 spiro atoms. The van der Waals surface area contributed by atoms with Crippen LogP contribution < -0.4 is 20.1 Å². The van der Waals surface area contributed by atoms with Gasteiger partial charge in [0.1, 0.15) is 11.5 Å². The Kier molecular flexibility index (Phi) is 6.25. The molecule has 25 heavy (non-hydrogen) atoms. The molecule has 0 atom stereocenters. The minimum atomic E-state index is -0.267. The molecule has 0 unspecified atom stereocenters. The van der Waals surface area contributed by atoms with Crippen molar-refractivity contribution in [1.29, 1.82) is 0 Å². The zero-order valence-corrected chi connectivity index (χ0v) is 14.9. The van der Waals surface area contributed by atoms with Crippen LogP contribution in [0.5, 0.6) is 11.5 Å². The first-order valence-electron chi connectivity index (χ1n) is 7.51. The van der Waals surface area contributed by atoms with Crippen LogP contribution >= 0.6 is 11.6 Å². The van der Waals surface area contributed by atoms with E-state index in [0.29, 0.717) is 33.5 Å². The minimum absolute atomic E-state index is 0.00540. The number of methoxy groups -OCH3 is 2. The van der Waals surface area contributed by atoms with Gasteiger partial charge in [0.05, 0.1) is 31.5 Å². The fourth-order valence-electron chi connectivity index (χ4n) is 2.20. The largest absolute Gasteiger partial charge is 0.495 e. The van der Waals surface area contributed by atoms with E-state index in [9.17, 15) is 9.59 Å². The molecular formula is C18H19ClN2O4. The molecule has 0 bridgehead atoms. The Morgan fingerprint density at radius 3 is 2.44 bits per heavy atom. The molecule has 0 fully saturated rings. The maximum atomic E-state index is 12.1. The minimum Gasteiger partial charge on any atom is -0.495 e. The number of benzene rings is 2. The normalized spacial score (nSPS) is 10.1. The van der Waals surface area contributed by atoms with Gasteiger partial charge in [0, 0.05) is 23.4 Å². The Balaban J connectivity index is 2.05. The van der Waals surface area contributed by atoms with E-state index >= 15 is 0 Å². The molecule has 0 aromatic heterocycles. The Morgan fingerprint density at radius 2 is 1.80 bits per heavy atom. The van der Waals surface area contributed by atoms with Gasteiger partial charge in [-0.1, -0.05) is 23.7 Å².